The number of carbonyl (C=O) groups is 1. The average Bonchev–Trinajstić information content (AvgIpc) is 3.37. The number of hydrogen-bond donors (Lipinski definition) is 0. The maximum absolute atomic E-state index is 13.2. The Labute approximate surface area is 168 Å². The van der Waals surface area contributed by atoms with Gasteiger partial charge in [-0.25, -0.2) is 8.42 Å². The van der Waals surface area contributed by atoms with E-state index in [9.17, 15) is 13.2 Å². The Morgan fingerprint density at radius 3 is 2.64 bits per heavy atom. The summed E-state index contributed by atoms with van der Waals surface area (Å²) in [6, 6.07) is 11.9. The van der Waals surface area contributed by atoms with Crippen LogP contribution in [-0.4, -0.2) is 25.6 Å². The van der Waals surface area contributed by atoms with E-state index < -0.39 is 9.84 Å². The highest BCUT2D eigenvalue weighted by atomic mass is 35.5. The Morgan fingerprint density at radius 2 is 1.96 bits per heavy atom. The molecule has 0 bridgehead atoms. The zero-order valence-corrected chi connectivity index (χ0v) is 16.8. The molecule has 1 aliphatic rings. The molecule has 28 heavy (non-hydrogen) atoms. The van der Waals surface area contributed by atoms with Crippen LogP contribution in [0.5, 0.6) is 0 Å². The van der Waals surface area contributed by atoms with Crippen LogP contribution in [0.2, 0.25) is 5.02 Å². The van der Waals surface area contributed by atoms with Gasteiger partial charge in [0.25, 0.3) is 0 Å². The molecule has 5 nitrogen and oxygen atoms in total. The van der Waals surface area contributed by atoms with E-state index in [-0.39, 0.29) is 16.6 Å². The summed E-state index contributed by atoms with van der Waals surface area (Å²) < 4.78 is 29.3. The molecule has 0 radical (unpaired) electrons. The molecule has 1 fully saturated rings. The molecule has 144 valence electrons. The molecular weight excluding hydrogens is 398 g/mol. The van der Waals surface area contributed by atoms with Gasteiger partial charge in [0.15, 0.2) is 21.4 Å². The minimum atomic E-state index is -3.40. The van der Waals surface area contributed by atoms with Crippen molar-refractivity contribution in [1.29, 1.82) is 0 Å². The second kappa shape index (κ2) is 7.18. The molecule has 0 amide bonds. The zero-order valence-electron chi connectivity index (χ0n) is 15.2. The van der Waals surface area contributed by atoms with Crippen molar-refractivity contribution < 1.29 is 17.7 Å². The molecule has 1 aliphatic carbocycles. The van der Waals surface area contributed by atoms with Crippen molar-refractivity contribution in [2.75, 3.05) is 6.26 Å². The Hall–Kier alpha value is -2.44. The van der Waals surface area contributed by atoms with E-state index in [0.717, 1.165) is 24.7 Å². The number of ketones is 1. The van der Waals surface area contributed by atoms with Crippen molar-refractivity contribution in [2.45, 2.75) is 30.1 Å². The minimum Gasteiger partial charge on any atom is -0.360 e. The summed E-state index contributed by atoms with van der Waals surface area (Å²) in [5.74, 6) is 0.652. The predicted octanol–water partition coefficient (Wildman–Crippen LogP) is 4.43. The Bertz CT molecular complexity index is 1160. The van der Waals surface area contributed by atoms with Gasteiger partial charge in [-0.3, -0.25) is 4.79 Å². The first kappa shape index (κ1) is 18.9. The lowest BCUT2D eigenvalue weighted by molar-refractivity contribution is 0.103. The number of halogens is 1. The standard InChI is InChI=1S/C21H18ClNO4S/c1-28(25,26)17-7-8-18(15(11-17)9-13-3-2-4-16(22)10-13)20(24)19-12-23-27-21(19)14-5-6-14/h2-4,7-8,10-12,14H,5-6,9H2,1H3. The molecule has 0 saturated heterocycles. The van der Waals surface area contributed by atoms with E-state index in [1.807, 2.05) is 12.1 Å². The number of carbonyl (C=O) groups excluding carboxylic acids is 1. The first-order chi connectivity index (χ1) is 13.3. The fourth-order valence-corrected chi connectivity index (χ4v) is 4.12. The third kappa shape index (κ3) is 3.88. The first-order valence-corrected chi connectivity index (χ1v) is 11.2. The van der Waals surface area contributed by atoms with E-state index in [1.54, 1.807) is 24.3 Å². The van der Waals surface area contributed by atoms with Gasteiger partial charge in [0.1, 0.15) is 0 Å². The number of rotatable bonds is 6. The molecular formula is C21H18ClNO4S. The molecule has 7 heteroatoms. The van der Waals surface area contributed by atoms with Crippen LogP contribution in [0, 0.1) is 0 Å². The Kier molecular flexibility index (Phi) is 4.85. The molecule has 1 heterocycles. The van der Waals surface area contributed by atoms with Crippen molar-refractivity contribution in [3.05, 3.63) is 81.7 Å². The monoisotopic (exact) mass is 415 g/mol. The van der Waals surface area contributed by atoms with Crippen LogP contribution in [0.25, 0.3) is 0 Å². The lowest BCUT2D eigenvalue weighted by Gasteiger charge is -2.11. The highest BCUT2D eigenvalue weighted by Gasteiger charge is 2.33. The van der Waals surface area contributed by atoms with Gasteiger partial charge in [-0.2, -0.15) is 0 Å². The van der Waals surface area contributed by atoms with E-state index in [2.05, 4.69) is 5.16 Å². The molecule has 1 aromatic heterocycles. The quantitative estimate of drug-likeness (QED) is 0.556. The number of sulfone groups is 1. The second-order valence-electron chi connectivity index (χ2n) is 7.10. The van der Waals surface area contributed by atoms with Gasteiger partial charge in [-0.05, 0) is 60.7 Å². The summed E-state index contributed by atoms with van der Waals surface area (Å²) in [5.41, 5.74) is 2.40. The van der Waals surface area contributed by atoms with Gasteiger partial charge >= 0.3 is 0 Å². The van der Waals surface area contributed by atoms with Crippen molar-refractivity contribution in [3.63, 3.8) is 0 Å². The molecule has 4 rings (SSSR count). The lowest BCUT2D eigenvalue weighted by atomic mass is 9.94. The Morgan fingerprint density at radius 1 is 1.18 bits per heavy atom. The van der Waals surface area contributed by atoms with Crippen LogP contribution in [0.15, 0.2) is 58.1 Å². The first-order valence-electron chi connectivity index (χ1n) is 8.89. The van der Waals surface area contributed by atoms with E-state index >= 15 is 0 Å². The molecule has 0 aliphatic heterocycles. The molecule has 2 aromatic carbocycles. The highest BCUT2D eigenvalue weighted by molar-refractivity contribution is 7.90. The van der Waals surface area contributed by atoms with Gasteiger partial charge < -0.3 is 4.52 Å². The predicted molar refractivity (Wildman–Crippen MR) is 106 cm³/mol. The van der Waals surface area contributed by atoms with E-state index in [1.165, 1.54) is 12.3 Å². The fourth-order valence-electron chi connectivity index (χ4n) is 3.24. The summed E-state index contributed by atoms with van der Waals surface area (Å²) in [4.78, 5) is 13.4. The maximum Gasteiger partial charge on any atom is 0.198 e. The number of nitrogens with zero attached hydrogens (tertiary/aromatic N) is 1. The van der Waals surface area contributed by atoms with Gasteiger partial charge in [0.2, 0.25) is 0 Å². The van der Waals surface area contributed by atoms with Crippen LogP contribution in [0.4, 0.5) is 0 Å². The normalized spacial score (nSPS) is 14.2. The highest BCUT2D eigenvalue weighted by Crippen LogP contribution is 2.42. The second-order valence-corrected chi connectivity index (χ2v) is 9.56. The van der Waals surface area contributed by atoms with E-state index in [4.69, 9.17) is 16.1 Å². The topological polar surface area (TPSA) is 77.2 Å². The van der Waals surface area contributed by atoms with Crippen molar-refractivity contribution in [1.82, 2.24) is 5.16 Å². The summed E-state index contributed by atoms with van der Waals surface area (Å²) in [6.07, 6.45) is 4.95. The molecule has 0 unspecified atom stereocenters. The molecule has 0 N–H and O–H groups in total. The molecule has 0 spiro atoms. The molecule has 0 atom stereocenters. The van der Waals surface area contributed by atoms with Crippen molar-refractivity contribution in [3.8, 4) is 0 Å². The lowest BCUT2D eigenvalue weighted by Crippen LogP contribution is -2.09. The van der Waals surface area contributed by atoms with Crippen LogP contribution in [0.3, 0.4) is 0 Å². The largest absolute Gasteiger partial charge is 0.360 e. The third-order valence-electron chi connectivity index (χ3n) is 4.82. The SMILES string of the molecule is CS(=O)(=O)c1ccc(C(=O)c2cnoc2C2CC2)c(Cc2cccc(Cl)c2)c1. The van der Waals surface area contributed by atoms with Crippen LogP contribution < -0.4 is 0 Å². The van der Waals surface area contributed by atoms with Crippen LogP contribution in [-0.2, 0) is 16.3 Å². The van der Waals surface area contributed by atoms with Gasteiger partial charge in [0.05, 0.1) is 16.7 Å². The zero-order chi connectivity index (χ0) is 19.9. The van der Waals surface area contributed by atoms with Gasteiger partial charge in [0, 0.05) is 22.8 Å². The summed E-state index contributed by atoms with van der Waals surface area (Å²) >= 11 is 6.08. The molecule has 1 saturated carbocycles. The van der Waals surface area contributed by atoms with Gasteiger partial charge in [-0.1, -0.05) is 28.9 Å². The maximum atomic E-state index is 13.2. The summed E-state index contributed by atoms with van der Waals surface area (Å²) in [6.45, 7) is 0. The van der Waals surface area contributed by atoms with Crippen LogP contribution in [0.1, 0.15) is 51.6 Å². The van der Waals surface area contributed by atoms with Gasteiger partial charge in [-0.15, -0.1) is 0 Å². The summed E-state index contributed by atoms with van der Waals surface area (Å²) in [7, 11) is -3.40. The fraction of sp³-hybridized carbons (Fsp3) is 0.238. The van der Waals surface area contributed by atoms with Crippen molar-refractivity contribution in [2.24, 2.45) is 0 Å². The number of aromatic nitrogens is 1. The Balaban J connectivity index is 1.79. The number of benzene rings is 2. The minimum absolute atomic E-state index is 0.175. The summed E-state index contributed by atoms with van der Waals surface area (Å²) in [5, 5.41) is 4.39. The average molecular weight is 416 g/mol. The van der Waals surface area contributed by atoms with E-state index in [0.29, 0.717) is 33.9 Å². The number of hydrogen-bond acceptors (Lipinski definition) is 5. The van der Waals surface area contributed by atoms with Crippen LogP contribution >= 0.6 is 11.6 Å². The third-order valence-corrected chi connectivity index (χ3v) is 6.17. The smallest absolute Gasteiger partial charge is 0.198 e. The van der Waals surface area contributed by atoms with Crippen molar-refractivity contribution >= 4 is 27.2 Å². The molecule has 3 aromatic rings.